The van der Waals surface area contributed by atoms with Gasteiger partial charge in [0.25, 0.3) is 0 Å². The van der Waals surface area contributed by atoms with E-state index in [-0.39, 0.29) is 12.6 Å². The summed E-state index contributed by atoms with van der Waals surface area (Å²) in [6.45, 7) is 1.36. The summed E-state index contributed by atoms with van der Waals surface area (Å²) in [5, 5.41) is 14.8. The van der Waals surface area contributed by atoms with Gasteiger partial charge in [0, 0.05) is 30.4 Å². The van der Waals surface area contributed by atoms with Gasteiger partial charge in [-0.15, -0.1) is 0 Å². The topological polar surface area (TPSA) is 66.5 Å². The van der Waals surface area contributed by atoms with Crippen molar-refractivity contribution in [1.29, 1.82) is 0 Å². The number of aryl methyl sites for hydroxylation is 1. The summed E-state index contributed by atoms with van der Waals surface area (Å²) in [7, 11) is 0. The Hall–Kier alpha value is -2.50. The Balaban J connectivity index is 1.23. The molecular formula is C21H24N2O3. The number of hydrogen-bond donors (Lipinski definition) is 3. The first-order valence-electron chi connectivity index (χ1n) is 9.10. The summed E-state index contributed by atoms with van der Waals surface area (Å²) in [5.41, 5.74) is 2.28. The number of H-pyrrole nitrogens is 1. The average Bonchev–Trinajstić information content (AvgIpc) is 3.04. The van der Waals surface area contributed by atoms with E-state index in [1.165, 1.54) is 5.56 Å². The van der Waals surface area contributed by atoms with Gasteiger partial charge in [-0.2, -0.15) is 0 Å². The number of benzene rings is 2. The molecule has 0 radical (unpaired) electrons. The van der Waals surface area contributed by atoms with Crippen LogP contribution >= 0.6 is 0 Å². The average molecular weight is 352 g/mol. The molecule has 0 spiro atoms. The molecular weight excluding hydrogens is 328 g/mol. The fourth-order valence-electron chi connectivity index (χ4n) is 3.29. The van der Waals surface area contributed by atoms with Crippen LogP contribution in [0.2, 0.25) is 0 Å². The van der Waals surface area contributed by atoms with Gasteiger partial charge in [-0.25, -0.2) is 0 Å². The Kier molecular flexibility index (Phi) is 5.09. The van der Waals surface area contributed by atoms with Crippen molar-refractivity contribution in [2.75, 3.05) is 19.8 Å². The van der Waals surface area contributed by atoms with E-state index in [1.54, 1.807) is 0 Å². The van der Waals surface area contributed by atoms with Gasteiger partial charge in [0.2, 0.25) is 0 Å². The number of aromatic amines is 1. The monoisotopic (exact) mass is 352 g/mol. The maximum Gasteiger partial charge on any atom is 0.122 e. The number of fused-ring (bicyclic) bond motifs is 2. The summed E-state index contributed by atoms with van der Waals surface area (Å²) < 4.78 is 11.6. The van der Waals surface area contributed by atoms with Crippen molar-refractivity contribution in [3.63, 3.8) is 0 Å². The number of aliphatic hydroxyl groups is 1. The molecule has 0 saturated carbocycles. The van der Waals surface area contributed by atoms with Crippen molar-refractivity contribution in [1.82, 2.24) is 10.3 Å². The zero-order chi connectivity index (χ0) is 17.8. The molecule has 3 N–H and O–H groups in total. The predicted octanol–water partition coefficient (Wildman–Crippen LogP) is 2.89. The second kappa shape index (κ2) is 7.81. The lowest BCUT2D eigenvalue weighted by molar-refractivity contribution is 0.101. The van der Waals surface area contributed by atoms with Crippen molar-refractivity contribution in [2.24, 2.45) is 0 Å². The molecule has 2 atom stereocenters. The van der Waals surface area contributed by atoms with Gasteiger partial charge in [0.15, 0.2) is 0 Å². The molecule has 0 saturated heterocycles. The smallest absolute Gasteiger partial charge is 0.122 e. The van der Waals surface area contributed by atoms with Crippen LogP contribution in [0, 0.1) is 0 Å². The fraction of sp³-hybridized carbons (Fsp3) is 0.333. The molecule has 2 aromatic carbocycles. The van der Waals surface area contributed by atoms with Crippen molar-refractivity contribution in [3.8, 4) is 11.5 Å². The molecule has 2 unspecified atom stereocenters. The summed E-state index contributed by atoms with van der Waals surface area (Å²) in [6, 6.07) is 16.3. The van der Waals surface area contributed by atoms with E-state index in [4.69, 9.17) is 9.47 Å². The first-order chi connectivity index (χ1) is 12.8. The van der Waals surface area contributed by atoms with Gasteiger partial charge >= 0.3 is 0 Å². The van der Waals surface area contributed by atoms with Crippen molar-refractivity contribution in [2.45, 2.75) is 25.0 Å². The molecule has 4 rings (SSSR count). The van der Waals surface area contributed by atoms with E-state index in [2.05, 4.69) is 16.4 Å². The maximum atomic E-state index is 10.2. The van der Waals surface area contributed by atoms with E-state index in [9.17, 15) is 5.11 Å². The van der Waals surface area contributed by atoms with Crippen LogP contribution in [0.5, 0.6) is 11.5 Å². The van der Waals surface area contributed by atoms with E-state index in [0.717, 1.165) is 35.2 Å². The lowest BCUT2D eigenvalue weighted by Gasteiger charge is -2.19. The summed E-state index contributed by atoms with van der Waals surface area (Å²) in [4.78, 5) is 3.16. The van der Waals surface area contributed by atoms with Crippen LogP contribution in [-0.2, 0) is 6.42 Å². The summed E-state index contributed by atoms with van der Waals surface area (Å²) >= 11 is 0. The van der Waals surface area contributed by atoms with Gasteiger partial charge in [0.1, 0.15) is 30.8 Å². The Bertz CT molecular complexity index is 834. The minimum atomic E-state index is -0.569. The van der Waals surface area contributed by atoms with Crippen LogP contribution in [0.3, 0.4) is 0 Å². The third-order valence-electron chi connectivity index (χ3n) is 4.79. The zero-order valence-corrected chi connectivity index (χ0v) is 14.7. The molecule has 26 heavy (non-hydrogen) atoms. The minimum absolute atomic E-state index is 0.229. The third-order valence-corrected chi connectivity index (χ3v) is 4.79. The fourth-order valence-corrected chi connectivity index (χ4v) is 3.29. The van der Waals surface area contributed by atoms with Crippen molar-refractivity contribution in [3.05, 3.63) is 60.3 Å². The molecule has 0 aliphatic carbocycles. The number of rotatable bonds is 6. The number of para-hydroxylation sites is 1. The van der Waals surface area contributed by atoms with E-state index in [0.29, 0.717) is 13.2 Å². The molecule has 0 fully saturated rings. The number of aliphatic hydroxyl groups excluding tert-OH is 1. The standard InChI is InChI=1S/C21H24N2O3/c24-18(14-25-19-8-6-15-9-10-22-20(15)11-19)12-23-17-7-5-16-3-1-2-4-21(16)26-13-17/h1-4,6,8-11,17-18,22-24H,5,7,12-14H2. The summed E-state index contributed by atoms with van der Waals surface area (Å²) in [6.07, 6.45) is 3.31. The molecule has 5 nitrogen and oxygen atoms in total. The Morgan fingerprint density at radius 2 is 2.15 bits per heavy atom. The largest absolute Gasteiger partial charge is 0.492 e. The summed E-state index contributed by atoms with van der Waals surface area (Å²) in [5.74, 6) is 1.73. The first kappa shape index (κ1) is 16.9. The van der Waals surface area contributed by atoms with E-state index >= 15 is 0 Å². The lowest BCUT2D eigenvalue weighted by Crippen LogP contribution is -2.40. The Labute approximate surface area is 152 Å². The van der Waals surface area contributed by atoms with Gasteiger partial charge in [-0.05, 0) is 48.1 Å². The molecule has 0 amide bonds. The second-order valence-corrected chi connectivity index (χ2v) is 6.75. The highest BCUT2D eigenvalue weighted by Crippen LogP contribution is 2.23. The van der Waals surface area contributed by atoms with E-state index < -0.39 is 6.10 Å². The lowest BCUT2D eigenvalue weighted by atomic mass is 10.1. The van der Waals surface area contributed by atoms with Crippen LogP contribution in [0.1, 0.15) is 12.0 Å². The van der Waals surface area contributed by atoms with Crippen molar-refractivity contribution >= 4 is 10.9 Å². The van der Waals surface area contributed by atoms with E-state index in [1.807, 2.05) is 48.7 Å². The molecule has 1 aliphatic heterocycles. The number of aromatic nitrogens is 1. The highest BCUT2D eigenvalue weighted by molar-refractivity contribution is 5.80. The number of nitrogens with one attached hydrogen (secondary N) is 2. The predicted molar refractivity (Wildman–Crippen MR) is 102 cm³/mol. The zero-order valence-electron chi connectivity index (χ0n) is 14.7. The van der Waals surface area contributed by atoms with Crippen LogP contribution < -0.4 is 14.8 Å². The SMILES string of the molecule is OC(CNC1CCc2ccccc2OC1)COc1ccc2cc[nH]c2c1. The molecule has 136 valence electrons. The first-order valence-corrected chi connectivity index (χ1v) is 9.10. The van der Waals surface area contributed by atoms with Gasteiger partial charge in [-0.3, -0.25) is 0 Å². The van der Waals surface area contributed by atoms with Crippen LogP contribution in [0.25, 0.3) is 10.9 Å². The molecule has 1 aliphatic rings. The third kappa shape index (κ3) is 4.00. The van der Waals surface area contributed by atoms with Gasteiger partial charge < -0.3 is 24.9 Å². The quantitative estimate of drug-likeness (QED) is 0.638. The highest BCUT2D eigenvalue weighted by Gasteiger charge is 2.17. The molecule has 5 heteroatoms. The van der Waals surface area contributed by atoms with Crippen LogP contribution in [-0.4, -0.2) is 42.0 Å². The Morgan fingerprint density at radius 3 is 3.12 bits per heavy atom. The Morgan fingerprint density at radius 1 is 1.23 bits per heavy atom. The van der Waals surface area contributed by atoms with Gasteiger partial charge in [-0.1, -0.05) is 18.2 Å². The van der Waals surface area contributed by atoms with Crippen LogP contribution in [0.15, 0.2) is 54.7 Å². The maximum absolute atomic E-state index is 10.2. The number of hydrogen-bond acceptors (Lipinski definition) is 4. The van der Waals surface area contributed by atoms with Crippen LogP contribution in [0.4, 0.5) is 0 Å². The second-order valence-electron chi connectivity index (χ2n) is 6.75. The molecule has 2 heterocycles. The normalized spacial score (nSPS) is 18.0. The molecule has 3 aromatic rings. The molecule has 1 aromatic heterocycles. The van der Waals surface area contributed by atoms with Gasteiger partial charge in [0.05, 0.1) is 0 Å². The minimum Gasteiger partial charge on any atom is -0.492 e. The highest BCUT2D eigenvalue weighted by atomic mass is 16.5. The molecule has 0 bridgehead atoms. The van der Waals surface area contributed by atoms with Crippen molar-refractivity contribution < 1.29 is 14.6 Å². The number of ether oxygens (including phenoxy) is 2.